The number of aryl methyl sites for hydroxylation is 2. The Kier molecular flexibility index (Phi) is 5.45. The van der Waals surface area contributed by atoms with Crippen LogP contribution in [0.4, 0.5) is 15.9 Å². The van der Waals surface area contributed by atoms with E-state index in [9.17, 15) is 4.39 Å². The van der Waals surface area contributed by atoms with Crippen molar-refractivity contribution in [3.05, 3.63) is 94.8 Å². The second kappa shape index (κ2) is 8.41. The molecule has 5 aromatic rings. The molecule has 1 aromatic heterocycles. The maximum Gasteiger partial charge on any atom is 0.164 e. The van der Waals surface area contributed by atoms with Gasteiger partial charge in [-0.2, -0.15) is 0 Å². The summed E-state index contributed by atoms with van der Waals surface area (Å²) in [6.45, 7) is 4.15. The highest BCUT2D eigenvalue weighted by Gasteiger charge is 2.14. The van der Waals surface area contributed by atoms with Crippen molar-refractivity contribution in [3.8, 4) is 0 Å². The van der Waals surface area contributed by atoms with Gasteiger partial charge < -0.3 is 5.32 Å². The number of nitrogens with one attached hydrogen (secondary N) is 1. The predicted molar refractivity (Wildman–Crippen MR) is 132 cm³/mol. The zero-order chi connectivity index (χ0) is 22.2. The van der Waals surface area contributed by atoms with Gasteiger partial charge in [0.2, 0.25) is 0 Å². The fourth-order valence-corrected chi connectivity index (χ4v) is 4.71. The number of hydrogen-bond donors (Lipinski definition) is 1. The summed E-state index contributed by atoms with van der Waals surface area (Å²) in [5.74, 6) is 0.139. The van der Waals surface area contributed by atoms with Crippen LogP contribution in [0.25, 0.3) is 21.8 Å². The van der Waals surface area contributed by atoms with Crippen LogP contribution in [0, 0.1) is 19.7 Å². The fourth-order valence-electron chi connectivity index (χ4n) is 3.51. The Hall–Kier alpha value is -3.15. The van der Waals surface area contributed by atoms with E-state index in [1.807, 2.05) is 18.2 Å². The molecular weight excluding hydrogens is 441 g/mol. The number of hydrogen-bond acceptors (Lipinski definition) is 4. The molecule has 0 radical (unpaired) electrons. The van der Waals surface area contributed by atoms with E-state index in [1.165, 1.54) is 11.6 Å². The van der Waals surface area contributed by atoms with Crippen LogP contribution in [0.5, 0.6) is 0 Å². The summed E-state index contributed by atoms with van der Waals surface area (Å²) in [6, 6.07) is 23.1. The van der Waals surface area contributed by atoms with Crippen molar-refractivity contribution in [1.29, 1.82) is 0 Å². The molecule has 6 heteroatoms. The second-order valence-corrected chi connectivity index (χ2v) is 9.13. The zero-order valence-electron chi connectivity index (χ0n) is 17.5. The molecule has 0 aliphatic carbocycles. The van der Waals surface area contributed by atoms with Gasteiger partial charge in [-0.15, -0.1) is 0 Å². The molecule has 0 bridgehead atoms. The summed E-state index contributed by atoms with van der Waals surface area (Å²) in [5.41, 5.74) is 4.59. The molecule has 32 heavy (non-hydrogen) atoms. The first-order valence-electron chi connectivity index (χ1n) is 10.1. The topological polar surface area (TPSA) is 37.8 Å². The van der Waals surface area contributed by atoms with Crippen LogP contribution < -0.4 is 5.32 Å². The molecule has 0 saturated heterocycles. The molecule has 0 aliphatic rings. The highest BCUT2D eigenvalue weighted by Crippen LogP contribution is 2.37. The molecule has 0 saturated carbocycles. The lowest BCUT2D eigenvalue weighted by molar-refractivity contribution is 0.628. The molecule has 1 heterocycles. The molecule has 0 spiro atoms. The van der Waals surface area contributed by atoms with Crippen molar-refractivity contribution in [1.82, 2.24) is 9.97 Å². The van der Waals surface area contributed by atoms with Crippen molar-refractivity contribution in [2.75, 3.05) is 5.32 Å². The number of halogens is 2. The number of nitrogens with zero attached hydrogens (tertiary/aromatic N) is 2. The number of benzene rings is 4. The van der Waals surface area contributed by atoms with Gasteiger partial charge in [0.05, 0.1) is 16.1 Å². The molecule has 0 unspecified atom stereocenters. The van der Waals surface area contributed by atoms with E-state index in [1.54, 1.807) is 23.9 Å². The van der Waals surface area contributed by atoms with Crippen LogP contribution in [-0.2, 0) is 0 Å². The SMILES string of the molecule is Cc1ccc(C)c(Sc2nc3cc4ccccc4cc3nc2Nc2ccc(F)c(Cl)c2)c1. The third kappa shape index (κ3) is 4.14. The molecule has 0 aliphatic heterocycles. The quantitative estimate of drug-likeness (QED) is 0.275. The monoisotopic (exact) mass is 459 g/mol. The molecule has 0 amide bonds. The van der Waals surface area contributed by atoms with Gasteiger partial charge in [0.25, 0.3) is 0 Å². The minimum absolute atomic E-state index is 0.0541. The molecule has 0 atom stereocenters. The lowest BCUT2D eigenvalue weighted by Crippen LogP contribution is -2.00. The van der Waals surface area contributed by atoms with E-state index < -0.39 is 5.82 Å². The molecule has 0 fully saturated rings. The Labute approximate surface area is 194 Å². The normalized spacial score (nSPS) is 11.2. The van der Waals surface area contributed by atoms with Gasteiger partial charge >= 0.3 is 0 Å². The predicted octanol–water partition coefficient (Wildman–Crippen LogP) is 8.09. The molecular formula is C26H19ClFN3S. The second-order valence-electron chi connectivity index (χ2n) is 7.69. The largest absolute Gasteiger partial charge is 0.338 e. The smallest absolute Gasteiger partial charge is 0.164 e. The Bertz CT molecular complexity index is 1490. The van der Waals surface area contributed by atoms with Crippen LogP contribution in [0.15, 0.2) is 82.7 Å². The summed E-state index contributed by atoms with van der Waals surface area (Å²) in [7, 11) is 0. The van der Waals surface area contributed by atoms with Gasteiger partial charge in [0, 0.05) is 10.6 Å². The average molecular weight is 460 g/mol. The minimum atomic E-state index is -0.460. The first-order valence-corrected chi connectivity index (χ1v) is 11.3. The van der Waals surface area contributed by atoms with E-state index in [0.717, 1.165) is 37.3 Å². The maximum atomic E-state index is 13.7. The zero-order valence-corrected chi connectivity index (χ0v) is 19.1. The highest BCUT2D eigenvalue weighted by atomic mass is 35.5. The van der Waals surface area contributed by atoms with Crippen molar-refractivity contribution in [2.45, 2.75) is 23.8 Å². The van der Waals surface area contributed by atoms with E-state index in [2.05, 4.69) is 55.6 Å². The lowest BCUT2D eigenvalue weighted by atomic mass is 10.1. The average Bonchev–Trinajstić information content (AvgIpc) is 2.78. The summed E-state index contributed by atoms with van der Waals surface area (Å²) in [4.78, 5) is 11.0. The summed E-state index contributed by atoms with van der Waals surface area (Å²) in [5, 5.41) is 6.29. The van der Waals surface area contributed by atoms with Gasteiger partial charge in [-0.3, -0.25) is 0 Å². The number of rotatable bonds is 4. The summed E-state index contributed by atoms with van der Waals surface area (Å²) < 4.78 is 13.7. The third-order valence-electron chi connectivity index (χ3n) is 5.23. The van der Waals surface area contributed by atoms with Gasteiger partial charge in [0.1, 0.15) is 10.8 Å². The lowest BCUT2D eigenvalue weighted by Gasteiger charge is -2.14. The molecule has 158 valence electrons. The highest BCUT2D eigenvalue weighted by molar-refractivity contribution is 7.99. The Morgan fingerprint density at radius 1 is 0.844 bits per heavy atom. The van der Waals surface area contributed by atoms with Gasteiger partial charge in [0.15, 0.2) is 5.82 Å². The van der Waals surface area contributed by atoms with Crippen LogP contribution in [0.1, 0.15) is 11.1 Å². The fraction of sp³-hybridized carbons (Fsp3) is 0.0769. The first kappa shape index (κ1) is 20.7. The molecule has 1 N–H and O–H groups in total. The number of fused-ring (bicyclic) bond motifs is 2. The van der Waals surface area contributed by atoms with Crippen molar-refractivity contribution < 1.29 is 4.39 Å². The third-order valence-corrected chi connectivity index (χ3v) is 6.66. The van der Waals surface area contributed by atoms with Crippen molar-refractivity contribution in [3.63, 3.8) is 0 Å². The molecule has 4 aromatic carbocycles. The number of anilines is 2. The van der Waals surface area contributed by atoms with E-state index in [-0.39, 0.29) is 5.02 Å². The maximum absolute atomic E-state index is 13.7. The molecule has 3 nitrogen and oxygen atoms in total. The number of aromatic nitrogens is 2. The van der Waals surface area contributed by atoms with E-state index >= 15 is 0 Å². The summed E-state index contributed by atoms with van der Waals surface area (Å²) >= 11 is 7.55. The van der Waals surface area contributed by atoms with Crippen LogP contribution in [0.2, 0.25) is 5.02 Å². The van der Waals surface area contributed by atoms with Crippen molar-refractivity contribution >= 4 is 56.7 Å². The van der Waals surface area contributed by atoms with Crippen molar-refractivity contribution in [2.24, 2.45) is 0 Å². The van der Waals surface area contributed by atoms with Gasteiger partial charge in [-0.25, -0.2) is 14.4 Å². The Balaban J connectivity index is 1.66. The standard InChI is InChI=1S/C26H19ClFN3S/c1-15-7-8-16(2)24(11-15)32-26-25(29-19-9-10-21(28)20(27)14-19)30-22-12-17-5-3-4-6-18(17)13-23(22)31-26/h3-14H,1-2H3,(H,29,30). The van der Waals surface area contributed by atoms with E-state index in [0.29, 0.717) is 11.5 Å². The Morgan fingerprint density at radius 3 is 2.28 bits per heavy atom. The van der Waals surface area contributed by atoms with Crippen LogP contribution in [-0.4, -0.2) is 9.97 Å². The summed E-state index contributed by atoms with van der Waals surface area (Å²) in [6.07, 6.45) is 0. The molecule has 5 rings (SSSR count). The van der Waals surface area contributed by atoms with E-state index in [4.69, 9.17) is 21.6 Å². The van der Waals surface area contributed by atoms with Crippen LogP contribution in [0.3, 0.4) is 0 Å². The van der Waals surface area contributed by atoms with Gasteiger partial charge in [-0.05, 0) is 72.1 Å². The minimum Gasteiger partial charge on any atom is -0.338 e. The Morgan fingerprint density at radius 2 is 1.56 bits per heavy atom. The van der Waals surface area contributed by atoms with Gasteiger partial charge in [-0.1, -0.05) is 59.8 Å². The van der Waals surface area contributed by atoms with Crippen LogP contribution >= 0.6 is 23.4 Å². The first-order chi connectivity index (χ1) is 15.5.